The van der Waals surface area contributed by atoms with Crippen LogP contribution in [0.4, 0.5) is 4.39 Å². The first-order valence-corrected chi connectivity index (χ1v) is 7.18. The highest BCUT2D eigenvalue weighted by Gasteiger charge is 2.24. The fourth-order valence-corrected chi connectivity index (χ4v) is 2.78. The Morgan fingerprint density at radius 1 is 1.09 bits per heavy atom. The maximum absolute atomic E-state index is 14.2. The number of hydrogen-bond acceptors (Lipinski definition) is 4. The van der Waals surface area contributed by atoms with Gasteiger partial charge in [0.05, 0.1) is 5.69 Å². The van der Waals surface area contributed by atoms with Gasteiger partial charge in [-0.05, 0) is 18.2 Å². The zero-order valence-corrected chi connectivity index (χ0v) is 11.8. The molecule has 1 N–H and O–H groups in total. The van der Waals surface area contributed by atoms with Crippen LogP contribution in [0.15, 0.2) is 42.7 Å². The minimum absolute atomic E-state index is 0.269. The van der Waals surface area contributed by atoms with Crippen LogP contribution in [0.25, 0.3) is 17.2 Å². The standard InChI is InChI=1S/C16H14FN5/c17-13-5-2-1-4-11(13)15-12-10-18-9-6-14(12)22(21-15)16-19-7-3-8-20-16/h1-5,7-8,18H,6,9-10H2. The van der Waals surface area contributed by atoms with E-state index < -0.39 is 0 Å². The molecule has 0 saturated heterocycles. The number of benzene rings is 1. The maximum Gasteiger partial charge on any atom is 0.250 e. The summed E-state index contributed by atoms with van der Waals surface area (Å²) >= 11 is 0. The van der Waals surface area contributed by atoms with Crippen molar-refractivity contribution in [2.24, 2.45) is 0 Å². The van der Waals surface area contributed by atoms with Crippen molar-refractivity contribution in [1.82, 2.24) is 25.1 Å². The van der Waals surface area contributed by atoms with Gasteiger partial charge < -0.3 is 5.32 Å². The number of nitrogens with one attached hydrogen (secondary N) is 1. The molecule has 0 bridgehead atoms. The molecule has 0 amide bonds. The SMILES string of the molecule is Fc1ccccc1-c1nn(-c2ncccn2)c2c1CNCC2. The van der Waals surface area contributed by atoms with Crippen molar-refractivity contribution in [3.8, 4) is 17.2 Å². The molecule has 0 fully saturated rings. The fraction of sp³-hybridized carbons (Fsp3) is 0.188. The van der Waals surface area contributed by atoms with Crippen molar-refractivity contribution in [3.05, 3.63) is 59.8 Å². The average Bonchev–Trinajstić information content (AvgIpc) is 2.96. The van der Waals surface area contributed by atoms with Crippen LogP contribution >= 0.6 is 0 Å². The molecule has 3 aromatic rings. The first-order valence-electron chi connectivity index (χ1n) is 7.18. The Morgan fingerprint density at radius 2 is 1.91 bits per heavy atom. The summed E-state index contributed by atoms with van der Waals surface area (Å²) in [6.45, 7) is 1.54. The second-order valence-corrected chi connectivity index (χ2v) is 5.14. The quantitative estimate of drug-likeness (QED) is 0.787. The molecule has 0 unspecified atom stereocenters. The predicted molar refractivity (Wildman–Crippen MR) is 80.0 cm³/mol. The Morgan fingerprint density at radius 3 is 2.73 bits per heavy atom. The van der Waals surface area contributed by atoms with Crippen molar-refractivity contribution in [1.29, 1.82) is 0 Å². The highest BCUT2D eigenvalue weighted by molar-refractivity contribution is 5.65. The minimum Gasteiger partial charge on any atom is -0.312 e. The molecule has 4 rings (SSSR count). The zero-order valence-electron chi connectivity index (χ0n) is 11.8. The van der Waals surface area contributed by atoms with Crippen LogP contribution < -0.4 is 5.32 Å². The fourth-order valence-electron chi connectivity index (χ4n) is 2.78. The van der Waals surface area contributed by atoms with Crippen molar-refractivity contribution >= 4 is 0 Å². The lowest BCUT2D eigenvalue weighted by Crippen LogP contribution is -2.25. The molecule has 0 spiro atoms. The number of hydrogen-bond donors (Lipinski definition) is 1. The lowest BCUT2D eigenvalue weighted by Gasteiger charge is -2.15. The molecule has 22 heavy (non-hydrogen) atoms. The van der Waals surface area contributed by atoms with Crippen LogP contribution in [0, 0.1) is 5.82 Å². The van der Waals surface area contributed by atoms with Gasteiger partial charge in [0.25, 0.3) is 5.95 Å². The topological polar surface area (TPSA) is 55.6 Å². The van der Waals surface area contributed by atoms with Crippen LogP contribution in [0.2, 0.25) is 0 Å². The summed E-state index contributed by atoms with van der Waals surface area (Å²) in [6, 6.07) is 8.47. The first kappa shape index (κ1) is 13.1. The monoisotopic (exact) mass is 295 g/mol. The maximum atomic E-state index is 14.2. The molecule has 2 aromatic heterocycles. The summed E-state index contributed by atoms with van der Waals surface area (Å²) in [4.78, 5) is 8.52. The van der Waals surface area contributed by atoms with Crippen LogP contribution in [0.5, 0.6) is 0 Å². The third-order valence-electron chi connectivity index (χ3n) is 3.80. The summed E-state index contributed by atoms with van der Waals surface area (Å²) in [5, 5.41) is 7.92. The molecule has 1 aromatic carbocycles. The number of halogens is 1. The molecule has 6 heteroatoms. The smallest absolute Gasteiger partial charge is 0.250 e. The molecular formula is C16H14FN5. The summed E-state index contributed by atoms with van der Waals surface area (Å²) in [6.07, 6.45) is 4.18. The highest BCUT2D eigenvalue weighted by atomic mass is 19.1. The van der Waals surface area contributed by atoms with E-state index in [1.807, 2.05) is 6.07 Å². The molecular weight excluding hydrogens is 281 g/mol. The highest BCUT2D eigenvalue weighted by Crippen LogP contribution is 2.30. The molecule has 0 atom stereocenters. The first-order chi connectivity index (χ1) is 10.8. The van der Waals surface area contributed by atoms with E-state index in [0.29, 0.717) is 23.8 Å². The molecule has 3 heterocycles. The lowest BCUT2D eigenvalue weighted by atomic mass is 10.0. The Balaban J connectivity index is 1.94. The minimum atomic E-state index is -0.269. The summed E-state index contributed by atoms with van der Waals surface area (Å²) < 4.78 is 15.9. The van der Waals surface area contributed by atoms with Gasteiger partial charge in [0.2, 0.25) is 0 Å². The van der Waals surface area contributed by atoms with Crippen molar-refractivity contribution in [2.45, 2.75) is 13.0 Å². The van der Waals surface area contributed by atoms with Gasteiger partial charge in [-0.3, -0.25) is 0 Å². The van der Waals surface area contributed by atoms with Crippen LogP contribution in [0.1, 0.15) is 11.3 Å². The van der Waals surface area contributed by atoms with Crippen molar-refractivity contribution < 1.29 is 4.39 Å². The summed E-state index contributed by atoms with van der Waals surface area (Å²) in [5.74, 6) is 0.248. The van der Waals surface area contributed by atoms with E-state index in [2.05, 4.69) is 20.4 Å². The van der Waals surface area contributed by atoms with E-state index in [1.54, 1.807) is 35.3 Å². The summed E-state index contributed by atoms with van der Waals surface area (Å²) in [7, 11) is 0. The van der Waals surface area contributed by atoms with Gasteiger partial charge in [0, 0.05) is 43.0 Å². The van der Waals surface area contributed by atoms with Crippen LogP contribution in [-0.4, -0.2) is 26.3 Å². The lowest BCUT2D eigenvalue weighted by molar-refractivity contribution is 0.616. The zero-order chi connectivity index (χ0) is 14.9. The van der Waals surface area contributed by atoms with E-state index in [1.165, 1.54) is 6.07 Å². The van der Waals surface area contributed by atoms with Gasteiger partial charge in [-0.1, -0.05) is 12.1 Å². The largest absolute Gasteiger partial charge is 0.312 e. The van der Waals surface area contributed by atoms with E-state index >= 15 is 0 Å². The van der Waals surface area contributed by atoms with Gasteiger partial charge in [0.15, 0.2) is 0 Å². The van der Waals surface area contributed by atoms with Gasteiger partial charge in [-0.15, -0.1) is 0 Å². The van der Waals surface area contributed by atoms with Gasteiger partial charge in [-0.25, -0.2) is 19.0 Å². The number of fused-ring (bicyclic) bond motifs is 1. The Labute approximate surface area is 126 Å². The van der Waals surface area contributed by atoms with Gasteiger partial charge in [0.1, 0.15) is 11.5 Å². The van der Waals surface area contributed by atoms with Crippen molar-refractivity contribution in [3.63, 3.8) is 0 Å². The Hall–Kier alpha value is -2.60. The molecule has 1 aliphatic rings. The van der Waals surface area contributed by atoms with Crippen molar-refractivity contribution in [2.75, 3.05) is 6.54 Å². The van der Waals surface area contributed by atoms with E-state index in [4.69, 9.17) is 0 Å². The number of aromatic nitrogens is 4. The number of nitrogens with zero attached hydrogens (tertiary/aromatic N) is 4. The molecule has 5 nitrogen and oxygen atoms in total. The molecule has 0 radical (unpaired) electrons. The van der Waals surface area contributed by atoms with Crippen LogP contribution in [0.3, 0.4) is 0 Å². The van der Waals surface area contributed by atoms with Crippen LogP contribution in [-0.2, 0) is 13.0 Å². The third-order valence-corrected chi connectivity index (χ3v) is 3.80. The normalized spacial score (nSPS) is 13.9. The van der Waals surface area contributed by atoms with E-state index in [9.17, 15) is 4.39 Å². The number of rotatable bonds is 2. The molecule has 110 valence electrons. The van der Waals surface area contributed by atoms with E-state index in [0.717, 1.165) is 24.2 Å². The van der Waals surface area contributed by atoms with Gasteiger partial charge >= 0.3 is 0 Å². The van der Waals surface area contributed by atoms with E-state index in [-0.39, 0.29) is 5.82 Å². The second kappa shape index (κ2) is 5.31. The molecule has 0 saturated carbocycles. The third kappa shape index (κ3) is 2.08. The Kier molecular flexibility index (Phi) is 3.16. The second-order valence-electron chi connectivity index (χ2n) is 5.14. The average molecular weight is 295 g/mol. The predicted octanol–water partition coefficient (Wildman–Crippen LogP) is 2.11. The molecule has 1 aliphatic heterocycles. The van der Waals surface area contributed by atoms with Gasteiger partial charge in [-0.2, -0.15) is 5.10 Å². The Bertz CT molecular complexity index is 813. The summed E-state index contributed by atoms with van der Waals surface area (Å²) in [5.41, 5.74) is 3.23. The molecule has 0 aliphatic carbocycles.